The van der Waals surface area contributed by atoms with Gasteiger partial charge >= 0.3 is 11.9 Å². The summed E-state index contributed by atoms with van der Waals surface area (Å²) in [7, 11) is 12.2. The fourth-order valence-electron chi connectivity index (χ4n) is 8.40. The first-order valence-electron chi connectivity index (χ1n) is 18.3. The van der Waals surface area contributed by atoms with Crippen LogP contribution < -0.4 is 37.9 Å². The van der Waals surface area contributed by atoms with Gasteiger partial charge < -0.3 is 37.9 Å². The molecule has 0 fully saturated rings. The molecule has 0 amide bonds. The molecule has 290 valence electrons. The zero-order chi connectivity index (χ0) is 39.1. The molecule has 4 aromatic carbocycles. The Morgan fingerprint density at radius 2 is 1.29 bits per heavy atom. The summed E-state index contributed by atoms with van der Waals surface area (Å²) in [5.41, 5.74) is 7.78. The van der Waals surface area contributed by atoms with Crippen molar-refractivity contribution >= 4 is 11.9 Å². The lowest BCUT2D eigenvalue weighted by atomic mass is 9.75. The molecule has 12 heteroatoms. The molecule has 0 aromatic heterocycles. The molecular weight excluding hydrogens is 704 g/mol. The average molecular weight is 753 g/mol. The molecule has 2 unspecified atom stereocenters. The summed E-state index contributed by atoms with van der Waals surface area (Å²) in [6, 6.07) is 13.7. The van der Waals surface area contributed by atoms with E-state index in [0.717, 1.165) is 64.9 Å². The first-order valence-corrected chi connectivity index (χ1v) is 18.3. The van der Waals surface area contributed by atoms with Crippen molar-refractivity contribution in [2.75, 3.05) is 62.7 Å². The van der Waals surface area contributed by atoms with Crippen LogP contribution in [-0.2, 0) is 35.3 Å². The Bertz CT molecular complexity index is 2160. The predicted molar refractivity (Wildman–Crippen MR) is 206 cm³/mol. The van der Waals surface area contributed by atoms with E-state index in [4.69, 9.17) is 37.9 Å². The zero-order valence-corrected chi connectivity index (χ0v) is 32.9. The van der Waals surface area contributed by atoms with Crippen LogP contribution in [-0.4, -0.2) is 84.5 Å². The van der Waals surface area contributed by atoms with E-state index in [0.29, 0.717) is 70.2 Å². The Kier molecular flexibility index (Phi) is 10.6. The van der Waals surface area contributed by atoms with Crippen LogP contribution in [0, 0.1) is 0 Å². The molecule has 0 spiro atoms. The van der Waals surface area contributed by atoms with Gasteiger partial charge in [0.15, 0.2) is 46.0 Å². The molecular formula is C43H48N2O10. The van der Waals surface area contributed by atoms with Gasteiger partial charge in [0.05, 0.1) is 35.5 Å². The van der Waals surface area contributed by atoms with Gasteiger partial charge in [-0.25, -0.2) is 0 Å². The van der Waals surface area contributed by atoms with E-state index in [-0.39, 0.29) is 12.1 Å². The summed E-state index contributed by atoms with van der Waals surface area (Å²) in [4.78, 5) is 29.2. The molecule has 2 aliphatic heterocycles. The Morgan fingerprint density at radius 3 is 1.96 bits per heavy atom. The van der Waals surface area contributed by atoms with Crippen LogP contribution in [0.25, 0.3) is 11.1 Å². The summed E-state index contributed by atoms with van der Waals surface area (Å²) >= 11 is 0. The van der Waals surface area contributed by atoms with Gasteiger partial charge in [0.1, 0.15) is 5.75 Å². The van der Waals surface area contributed by atoms with Crippen molar-refractivity contribution < 1.29 is 47.5 Å². The summed E-state index contributed by atoms with van der Waals surface area (Å²) < 4.78 is 47.7. The molecule has 7 rings (SSSR count). The molecule has 4 aromatic rings. The number of hydrogen-bond donors (Lipinski definition) is 0. The van der Waals surface area contributed by atoms with Gasteiger partial charge in [0, 0.05) is 61.8 Å². The third-order valence-electron chi connectivity index (χ3n) is 11.0. The van der Waals surface area contributed by atoms with E-state index in [9.17, 15) is 9.59 Å². The predicted octanol–water partition coefficient (Wildman–Crippen LogP) is 6.90. The van der Waals surface area contributed by atoms with Crippen LogP contribution in [0.1, 0.15) is 59.3 Å². The maximum absolute atomic E-state index is 12.6. The molecule has 0 N–H and O–H groups in total. The highest BCUT2D eigenvalue weighted by Gasteiger charge is 2.41. The molecule has 0 saturated heterocycles. The highest BCUT2D eigenvalue weighted by atomic mass is 16.6. The van der Waals surface area contributed by atoms with Gasteiger partial charge in [0.2, 0.25) is 0 Å². The maximum Gasteiger partial charge on any atom is 0.308 e. The van der Waals surface area contributed by atoms with Crippen molar-refractivity contribution in [2.45, 2.75) is 51.6 Å². The standard InChI is InChI=1S/C43H48N2O10/c1-23(46)53-36-21-28-26(18-34(36)49-6)12-14-44(3)30(28)16-25-10-11-32(48-5)35(17-25)55-33-22-38(51-8)43(54-24(2)47)40-29(33)20-31-39-27(13-15-45(31)4)19-37(50-7)42(52-9)41(39)40/h10-11,17-19,21-22,30-31H,12-16,20H2,1-9H3. The number of likely N-dealkylation sites (N-methyl/N-ethyl adjacent to an activating group) is 2. The van der Waals surface area contributed by atoms with E-state index in [1.807, 2.05) is 30.3 Å². The Morgan fingerprint density at radius 1 is 0.636 bits per heavy atom. The molecule has 55 heavy (non-hydrogen) atoms. The molecule has 0 saturated carbocycles. The van der Waals surface area contributed by atoms with E-state index < -0.39 is 11.9 Å². The number of carbonyl (C=O) groups is 2. The van der Waals surface area contributed by atoms with Crippen molar-refractivity contribution in [1.29, 1.82) is 0 Å². The third kappa shape index (κ3) is 6.89. The summed E-state index contributed by atoms with van der Waals surface area (Å²) in [5.74, 6) is 3.40. The number of rotatable bonds is 11. The van der Waals surface area contributed by atoms with Gasteiger partial charge in [-0.2, -0.15) is 0 Å². The largest absolute Gasteiger partial charge is 0.493 e. The van der Waals surface area contributed by atoms with Crippen LogP contribution in [0.5, 0.6) is 51.7 Å². The zero-order valence-electron chi connectivity index (χ0n) is 32.9. The first kappa shape index (κ1) is 37.8. The SMILES string of the molecule is COc1cc2c(cc1OC(C)=O)C(Cc1ccc(OC)c(Oc3cc(OC)c(OC(C)=O)c4c3CC3c5c(cc(OC)c(OC)c5-4)CCN3C)c1)N(C)CC2. The van der Waals surface area contributed by atoms with E-state index in [1.165, 1.54) is 13.8 Å². The molecule has 0 bridgehead atoms. The smallest absolute Gasteiger partial charge is 0.308 e. The van der Waals surface area contributed by atoms with Gasteiger partial charge in [-0.1, -0.05) is 6.07 Å². The molecule has 2 atom stereocenters. The summed E-state index contributed by atoms with van der Waals surface area (Å²) in [6.45, 7) is 4.46. The monoisotopic (exact) mass is 752 g/mol. The minimum absolute atomic E-state index is 0.00221. The van der Waals surface area contributed by atoms with E-state index >= 15 is 0 Å². The average Bonchev–Trinajstić information content (AvgIpc) is 3.17. The second-order valence-corrected chi connectivity index (χ2v) is 14.2. The molecule has 12 nitrogen and oxygen atoms in total. The van der Waals surface area contributed by atoms with Gasteiger partial charge in [-0.15, -0.1) is 0 Å². The number of carbonyl (C=O) groups excluding carboxylic acids is 2. The molecule has 1 aliphatic carbocycles. The van der Waals surface area contributed by atoms with Crippen molar-refractivity contribution in [3.63, 3.8) is 0 Å². The second-order valence-electron chi connectivity index (χ2n) is 14.2. The van der Waals surface area contributed by atoms with Crippen LogP contribution in [0.2, 0.25) is 0 Å². The number of hydrogen-bond acceptors (Lipinski definition) is 12. The molecule has 3 aliphatic rings. The van der Waals surface area contributed by atoms with Crippen LogP contribution in [0.4, 0.5) is 0 Å². The van der Waals surface area contributed by atoms with Crippen molar-refractivity contribution in [2.24, 2.45) is 0 Å². The fourth-order valence-corrected chi connectivity index (χ4v) is 8.40. The third-order valence-corrected chi connectivity index (χ3v) is 11.0. The van der Waals surface area contributed by atoms with Crippen LogP contribution in [0.15, 0.2) is 42.5 Å². The Labute approximate surface area is 321 Å². The van der Waals surface area contributed by atoms with Gasteiger partial charge in [0.25, 0.3) is 0 Å². The number of benzene rings is 4. The van der Waals surface area contributed by atoms with Crippen molar-refractivity contribution in [1.82, 2.24) is 9.80 Å². The number of nitrogens with zero attached hydrogens (tertiary/aromatic N) is 2. The number of ether oxygens (including phenoxy) is 8. The Balaban J connectivity index is 1.36. The summed E-state index contributed by atoms with van der Waals surface area (Å²) in [5, 5.41) is 0. The normalized spacial score (nSPS) is 17.3. The first-order chi connectivity index (χ1) is 26.5. The Hall–Kier alpha value is -5.46. The summed E-state index contributed by atoms with van der Waals surface area (Å²) in [6.07, 6.45) is 2.88. The maximum atomic E-state index is 12.6. The van der Waals surface area contributed by atoms with E-state index in [2.05, 4.69) is 30.0 Å². The molecule has 0 radical (unpaired) electrons. The highest BCUT2D eigenvalue weighted by Crippen LogP contribution is 2.59. The lowest BCUT2D eigenvalue weighted by Crippen LogP contribution is -2.36. The van der Waals surface area contributed by atoms with Gasteiger partial charge in [-0.3, -0.25) is 19.4 Å². The topological polar surface area (TPSA) is 114 Å². The van der Waals surface area contributed by atoms with Crippen molar-refractivity contribution in [3.05, 3.63) is 75.8 Å². The van der Waals surface area contributed by atoms with Gasteiger partial charge in [-0.05, 0) is 97.9 Å². The lowest BCUT2D eigenvalue weighted by Gasteiger charge is -2.41. The number of esters is 2. The fraction of sp³-hybridized carbons (Fsp3) is 0.395. The second kappa shape index (κ2) is 15.3. The minimum atomic E-state index is -0.480. The number of fused-ring (bicyclic) bond motifs is 3. The van der Waals surface area contributed by atoms with Crippen LogP contribution in [0.3, 0.4) is 0 Å². The highest BCUT2D eigenvalue weighted by molar-refractivity contribution is 5.92. The number of methoxy groups -OCH3 is 5. The molecule has 2 heterocycles. The van der Waals surface area contributed by atoms with E-state index in [1.54, 1.807) is 41.6 Å². The minimum Gasteiger partial charge on any atom is -0.493 e. The lowest BCUT2D eigenvalue weighted by molar-refractivity contribution is -0.132. The quantitative estimate of drug-likeness (QED) is 0.117. The van der Waals surface area contributed by atoms with Crippen molar-refractivity contribution in [3.8, 4) is 62.9 Å². The van der Waals surface area contributed by atoms with Crippen LogP contribution >= 0.6 is 0 Å².